The van der Waals surface area contributed by atoms with Gasteiger partial charge in [0.05, 0.1) is 5.69 Å². The number of amides is 2. The Morgan fingerprint density at radius 3 is 2.70 bits per heavy atom. The molecule has 0 radical (unpaired) electrons. The van der Waals surface area contributed by atoms with Gasteiger partial charge in [-0.15, -0.1) is 12.6 Å². The lowest BCUT2D eigenvalue weighted by molar-refractivity contribution is 0.252. The van der Waals surface area contributed by atoms with Gasteiger partial charge in [-0.2, -0.15) is 0 Å². The van der Waals surface area contributed by atoms with Crippen LogP contribution in [0.5, 0.6) is 0 Å². The zero-order valence-corrected chi connectivity index (χ0v) is 12.3. The van der Waals surface area contributed by atoms with E-state index >= 15 is 0 Å². The predicted octanol–water partition coefficient (Wildman–Crippen LogP) is 3.65. The number of carbonyl (C=O) groups excluding carboxylic acids is 1. The first kappa shape index (κ1) is 14.5. The second kappa shape index (κ2) is 7.01. The maximum absolute atomic E-state index is 11.8. The topological polar surface area (TPSA) is 41.1 Å². The molecule has 20 heavy (non-hydrogen) atoms. The summed E-state index contributed by atoms with van der Waals surface area (Å²) >= 11 is 4.29. The average Bonchev–Trinajstić information content (AvgIpc) is 2.41. The smallest absolute Gasteiger partial charge is 0.319 e. The van der Waals surface area contributed by atoms with Gasteiger partial charge in [0.1, 0.15) is 0 Å². The van der Waals surface area contributed by atoms with E-state index in [0.717, 1.165) is 11.3 Å². The highest BCUT2D eigenvalue weighted by Gasteiger charge is 2.03. The van der Waals surface area contributed by atoms with Crippen LogP contribution in [0, 0.1) is 6.92 Å². The van der Waals surface area contributed by atoms with Crippen LogP contribution in [0.4, 0.5) is 10.5 Å². The Bertz CT molecular complexity index is 599. The second-order valence-electron chi connectivity index (χ2n) is 4.64. The molecule has 4 heteroatoms. The van der Waals surface area contributed by atoms with Gasteiger partial charge >= 0.3 is 6.03 Å². The lowest BCUT2D eigenvalue weighted by atomic mass is 10.1. The maximum Gasteiger partial charge on any atom is 0.319 e. The number of carbonyl (C=O) groups is 1. The summed E-state index contributed by atoms with van der Waals surface area (Å²) < 4.78 is 0. The zero-order chi connectivity index (χ0) is 14.4. The monoisotopic (exact) mass is 286 g/mol. The fourth-order valence-corrected chi connectivity index (χ4v) is 2.15. The molecule has 2 amide bonds. The van der Waals surface area contributed by atoms with Gasteiger partial charge in [-0.25, -0.2) is 4.79 Å². The summed E-state index contributed by atoms with van der Waals surface area (Å²) in [7, 11) is 0. The lowest BCUT2D eigenvalue weighted by Crippen LogP contribution is -2.30. The molecule has 0 heterocycles. The van der Waals surface area contributed by atoms with E-state index in [1.165, 1.54) is 11.1 Å². The standard InChI is InChI=1S/C16H18N2OS/c1-12-5-4-6-13(11-12)9-10-17-16(19)18-14-7-2-3-8-15(14)20/h2-8,11,20H,9-10H2,1H3,(H2,17,18,19). The van der Waals surface area contributed by atoms with Crippen LogP contribution in [-0.4, -0.2) is 12.6 Å². The first-order valence-corrected chi connectivity index (χ1v) is 6.98. The number of benzene rings is 2. The van der Waals surface area contributed by atoms with Crippen molar-refractivity contribution in [3.8, 4) is 0 Å². The molecule has 0 aliphatic carbocycles. The van der Waals surface area contributed by atoms with Crippen molar-refractivity contribution >= 4 is 24.3 Å². The van der Waals surface area contributed by atoms with Gasteiger partial charge in [-0.1, -0.05) is 42.0 Å². The van der Waals surface area contributed by atoms with Crippen LogP contribution in [-0.2, 0) is 6.42 Å². The highest BCUT2D eigenvalue weighted by Crippen LogP contribution is 2.18. The third kappa shape index (κ3) is 4.31. The summed E-state index contributed by atoms with van der Waals surface area (Å²) in [4.78, 5) is 12.5. The van der Waals surface area contributed by atoms with E-state index in [4.69, 9.17) is 0 Å². The number of rotatable bonds is 4. The molecule has 0 spiro atoms. The van der Waals surface area contributed by atoms with E-state index in [0.29, 0.717) is 12.2 Å². The molecule has 0 aliphatic rings. The third-order valence-electron chi connectivity index (χ3n) is 2.93. The van der Waals surface area contributed by atoms with E-state index in [2.05, 4.69) is 48.4 Å². The molecule has 0 aromatic heterocycles. The van der Waals surface area contributed by atoms with Gasteiger partial charge in [-0.05, 0) is 31.0 Å². The molecule has 3 nitrogen and oxygen atoms in total. The summed E-state index contributed by atoms with van der Waals surface area (Å²) in [5.74, 6) is 0. The van der Waals surface area contributed by atoms with Crippen molar-refractivity contribution in [2.75, 3.05) is 11.9 Å². The number of nitrogens with one attached hydrogen (secondary N) is 2. The molecule has 0 aliphatic heterocycles. The molecule has 0 fully saturated rings. The van der Waals surface area contributed by atoms with E-state index < -0.39 is 0 Å². The molecular weight excluding hydrogens is 268 g/mol. The number of para-hydroxylation sites is 1. The number of anilines is 1. The number of thiol groups is 1. The van der Waals surface area contributed by atoms with Crippen LogP contribution in [0.25, 0.3) is 0 Å². The fourth-order valence-electron chi connectivity index (χ4n) is 1.93. The summed E-state index contributed by atoms with van der Waals surface area (Å²) in [5, 5.41) is 5.62. The van der Waals surface area contributed by atoms with Gasteiger partial charge in [0.25, 0.3) is 0 Å². The predicted molar refractivity (Wildman–Crippen MR) is 85.6 cm³/mol. The minimum atomic E-state index is -0.209. The van der Waals surface area contributed by atoms with Gasteiger partial charge < -0.3 is 10.6 Å². The summed E-state index contributed by atoms with van der Waals surface area (Å²) in [6.45, 7) is 2.66. The molecule has 0 saturated heterocycles. The van der Waals surface area contributed by atoms with Crippen LogP contribution >= 0.6 is 12.6 Å². The minimum Gasteiger partial charge on any atom is -0.338 e. The third-order valence-corrected chi connectivity index (χ3v) is 3.32. The van der Waals surface area contributed by atoms with Crippen molar-refractivity contribution < 1.29 is 4.79 Å². The van der Waals surface area contributed by atoms with E-state index in [9.17, 15) is 4.79 Å². The molecule has 0 unspecified atom stereocenters. The first-order valence-electron chi connectivity index (χ1n) is 6.53. The normalized spacial score (nSPS) is 10.1. The Morgan fingerprint density at radius 2 is 1.95 bits per heavy atom. The maximum atomic E-state index is 11.8. The molecule has 2 N–H and O–H groups in total. The number of hydrogen-bond donors (Lipinski definition) is 3. The van der Waals surface area contributed by atoms with Crippen molar-refractivity contribution in [2.24, 2.45) is 0 Å². The summed E-state index contributed by atoms with van der Waals surface area (Å²) in [6, 6.07) is 15.5. The quantitative estimate of drug-likeness (QED) is 0.738. The number of urea groups is 1. The average molecular weight is 286 g/mol. The Hall–Kier alpha value is -1.94. The van der Waals surface area contributed by atoms with Gasteiger partial charge in [0, 0.05) is 11.4 Å². The molecular formula is C16H18N2OS. The van der Waals surface area contributed by atoms with Crippen LogP contribution in [0.2, 0.25) is 0 Å². The zero-order valence-electron chi connectivity index (χ0n) is 11.4. The Balaban J connectivity index is 1.80. The van der Waals surface area contributed by atoms with Crippen LogP contribution < -0.4 is 10.6 Å². The SMILES string of the molecule is Cc1cccc(CCNC(=O)Nc2ccccc2S)c1. The molecule has 2 aromatic carbocycles. The Morgan fingerprint density at radius 1 is 1.15 bits per heavy atom. The molecule has 104 valence electrons. The molecule has 0 atom stereocenters. The number of aryl methyl sites for hydroxylation is 1. The van der Waals surface area contributed by atoms with E-state index in [1.54, 1.807) is 0 Å². The van der Waals surface area contributed by atoms with Crippen molar-refractivity contribution in [1.29, 1.82) is 0 Å². The number of hydrogen-bond acceptors (Lipinski definition) is 2. The Labute approximate surface area is 124 Å². The highest BCUT2D eigenvalue weighted by atomic mass is 32.1. The lowest BCUT2D eigenvalue weighted by Gasteiger charge is -2.09. The van der Waals surface area contributed by atoms with Gasteiger partial charge in [0.15, 0.2) is 0 Å². The van der Waals surface area contributed by atoms with Gasteiger partial charge in [-0.3, -0.25) is 0 Å². The largest absolute Gasteiger partial charge is 0.338 e. The van der Waals surface area contributed by atoms with Crippen LogP contribution in [0.3, 0.4) is 0 Å². The Kier molecular flexibility index (Phi) is 5.07. The van der Waals surface area contributed by atoms with Crippen molar-refractivity contribution in [3.05, 3.63) is 59.7 Å². The van der Waals surface area contributed by atoms with Crippen molar-refractivity contribution in [1.82, 2.24) is 5.32 Å². The highest BCUT2D eigenvalue weighted by molar-refractivity contribution is 7.80. The molecule has 2 aromatic rings. The van der Waals surface area contributed by atoms with E-state index in [1.807, 2.05) is 30.3 Å². The van der Waals surface area contributed by atoms with Gasteiger partial charge in [0.2, 0.25) is 0 Å². The fraction of sp³-hybridized carbons (Fsp3) is 0.188. The molecule has 0 saturated carbocycles. The van der Waals surface area contributed by atoms with Crippen LogP contribution in [0.1, 0.15) is 11.1 Å². The minimum absolute atomic E-state index is 0.209. The second-order valence-corrected chi connectivity index (χ2v) is 5.12. The van der Waals surface area contributed by atoms with E-state index in [-0.39, 0.29) is 6.03 Å². The molecule has 0 bridgehead atoms. The first-order chi connectivity index (χ1) is 9.65. The van der Waals surface area contributed by atoms with Crippen molar-refractivity contribution in [2.45, 2.75) is 18.2 Å². The van der Waals surface area contributed by atoms with Crippen molar-refractivity contribution in [3.63, 3.8) is 0 Å². The summed E-state index contributed by atoms with van der Waals surface area (Å²) in [6.07, 6.45) is 0.817. The molecule has 2 rings (SSSR count). The van der Waals surface area contributed by atoms with Crippen LogP contribution in [0.15, 0.2) is 53.4 Å². The summed E-state index contributed by atoms with van der Waals surface area (Å²) in [5.41, 5.74) is 3.17.